The zero-order chi connectivity index (χ0) is 18.9. The number of anilines is 3. The number of hydrogen-bond acceptors (Lipinski definition) is 6. The number of methoxy groups -OCH3 is 1. The zero-order valence-electron chi connectivity index (χ0n) is 15.6. The second-order valence-electron chi connectivity index (χ2n) is 6.31. The molecule has 0 radical (unpaired) electrons. The van der Waals surface area contributed by atoms with E-state index in [4.69, 9.17) is 9.47 Å². The van der Waals surface area contributed by atoms with Gasteiger partial charge < -0.3 is 25.0 Å². The molecule has 3 rings (SSSR count). The topological polar surface area (TPSA) is 75.7 Å². The summed E-state index contributed by atoms with van der Waals surface area (Å²) in [5.41, 5.74) is 3.41. The van der Waals surface area contributed by atoms with E-state index in [0.29, 0.717) is 18.7 Å². The van der Waals surface area contributed by atoms with Crippen molar-refractivity contribution in [3.63, 3.8) is 0 Å². The van der Waals surface area contributed by atoms with Gasteiger partial charge in [-0.1, -0.05) is 12.1 Å². The van der Waals surface area contributed by atoms with E-state index in [1.54, 1.807) is 19.5 Å². The lowest BCUT2D eigenvalue weighted by molar-refractivity contribution is 0.0948. The number of carbonyl (C=O) groups excluding carboxylic acids is 1. The number of pyridine rings is 1. The summed E-state index contributed by atoms with van der Waals surface area (Å²) in [5.74, 6) is -0.135. The first kappa shape index (κ1) is 19.1. The number of aromatic nitrogens is 1. The van der Waals surface area contributed by atoms with E-state index in [1.165, 1.54) is 0 Å². The summed E-state index contributed by atoms with van der Waals surface area (Å²) in [6.07, 6.45) is 4.07. The highest BCUT2D eigenvalue weighted by Crippen LogP contribution is 2.29. The van der Waals surface area contributed by atoms with Crippen LogP contribution in [0.4, 0.5) is 17.1 Å². The van der Waals surface area contributed by atoms with Crippen LogP contribution in [0.2, 0.25) is 0 Å². The van der Waals surface area contributed by atoms with Gasteiger partial charge in [-0.3, -0.25) is 9.78 Å². The highest BCUT2D eigenvalue weighted by atomic mass is 16.5. The molecule has 0 unspecified atom stereocenters. The monoisotopic (exact) mass is 370 g/mol. The predicted octanol–water partition coefficient (Wildman–Crippen LogP) is 2.43. The van der Waals surface area contributed by atoms with Crippen molar-refractivity contribution in [2.24, 2.45) is 0 Å². The molecule has 144 valence electrons. The lowest BCUT2D eigenvalue weighted by atomic mass is 10.2. The molecule has 0 saturated carbocycles. The fourth-order valence-corrected chi connectivity index (χ4v) is 2.97. The molecule has 0 spiro atoms. The molecule has 1 aromatic heterocycles. The Labute approximate surface area is 159 Å². The maximum atomic E-state index is 12.3. The Hall–Kier alpha value is -2.64. The minimum Gasteiger partial charge on any atom is -0.385 e. The summed E-state index contributed by atoms with van der Waals surface area (Å²) < 4.78 is 10.4. The predicted molar refractivity (Wildman–Crippen MR) is 106 cm³/mol. The molecular formula is C20H26N4O3. The van der Waals surface area contributed by atoms with Crippen molar-refractivity contribution in [3.05, 3.63) is 48.3 Å². The Balaban J connectivity index is 1.68. The number of ether oxygens (including phenoxy) is 2. The third-order valence-electron chi connectivity index (χ3n) is 4.35. The number of hydrogen-bond donors (Lipinski definition) is 2. The molecule has 1 fully saturated rings. The van der Waals surface area contributed by atoms with Gasteiger partial charge in [0.15, 0.2) is 0 Å². The molecule has 1 amide bonds. The molecule has 1 saturated heterocycles. The minimum absolute atomic E-state index is 0.135. The Bertz CT molecular complexity index is 748. The van der Waals surface area contributed by atoms with Crippen LogP contribution >= 0.6 is 0 Å². The van der Waals surface area contributed by atoms with Crippen LogP contribution in [0.25, 0.3) is 0 Å². The number of morpholine rings is 1. The molecule has 1 aromatic carbocycles. The second-order valence-corrected chi connectivity index (χ2v) is 6.31. The van der Waals surface area contributed by atoms with E-state index in [9.17, 15) is 4.79 Å². The van der Waals surface area contributed by atoms with E-state index >= 15 is 0 Å². The van der Waals surface area contributed by atoms with Crippen molar-refractivity contribution >= 4 is 23.0 Å². The number of rotatable bonds is 8. The summed E-state index contributed by atoms with van der Waals surface area (Å²) in [5, 5.41) is 6.28. The summed E-state index contributed by atoms with van der Waals surface area (Å²) >= 11 is 0. The molecule has 2 heterocycles. The zero-order valence-corrected chi connectivity index (χ0v) is 15.6. The number of amides is 1. The van der Waals surface area contributed by atoms with Gasteiger partial charge in [-0.2, -0.15) is 0 Å². The van der Waals surface area contributed by atoms with Gasteiger partial charge in [0.2, 0.25) is 0 Å². The molecule has 2 N–H and O–H groups in total. The van der Waals surface area contributed by atoms with Gasteiger partial charge in [0.25, 0.3) is 5.91 Å². The molecular weight excluding hydrogens is 344 g/mol. The summed E-state index contributed by atoms with van der Waals surface area (Å²) in [7, 11) is 1.65. The Morgan fingerprint density at radius 1 is 1.26 bits per heavy atom. The average molecular weight is 370 g/mol. The number of nitrogens with one attached hydrogen (secondary N) is 2. The standard InChI is InChI=1S/C20H26N4O3/c1-26-10-4-7-22-20(25)16-13-17(15-21-14-16)23-18-5-2-3-6-19(18)24-8-11-27-12-9-24/h2-3,5-6,13-15,23H,4,7-12H2,1H3,(H,22,25). The number of para-hydroxylation sites is 2. The fourth-order valence-electron chi connectivity index (χ4n) is 2.97. The van der Waals surface area contributed by atoms with Crippen LogP contribution in [0.15, 0.2) is 42.7 Å². The Morgan fingerprint density at radius 3 is 2.89 bits per heavy atom. The van der Waals surface area contributed by atoms with Gasteiger partial charge in [0.05, 0.1) is 42.0 Å². The molecule has 2 aromatic rings. The largest absolute Gasteiger partial charge is 0.385 e. The third-order valence-corrected chi connectivity index (χ3v) is 4.35. The summed E-state index contributed by atoms with van der Waals surface area (Å²) in [6.45, 7) is 4.38. The van der Waals surface area contributed by atoms with Crippen molar-refractivity contribution < 1.29 is 14.3 Å². The summed E-state index contributed by atoms with van der Waals surface area (Å²) in [4.78, 5) is 18.8. The number of benzene rings is 1. The average Bonchev–Trinajstić information content (AvgIpc) is 2.72. The van der Waals surface area contributed by atoms with Crippen LogP contribution in [0.3, 0.4) is 0 Å². The molecule has 0 bridgehead atoms. The smallest absolute Gasteiger partial charge is 0.252 e. The Kier molecular flexibility index (Phi) is 7.01. The highest BCUT2D eigenvalue weighted by molar-refractivity contribution is 5.95. The molecule has 1 aliphatic heterocycles. The summed E-state index contributed by atoms with van der Waals surface area (Å²) in [6, 6.07) is 9.95. The maximum absolute atomic E-state index is 12.3. The lowest BCUT2D eigenvalue weighted by Gasteiger charge is -2.30. The van der Waals surface area contributed by atoms with Gasteiger partial charge >= 0.3 is 0 Å². The SMILES string of the molecule is COCCCNC(=O)c1cncc(Nc2ccccc2N2CCOCC2)c1. The molecule has 1 aliphatic rings. The first-order valence-corrected chi connectivity index (χ1v) is 9.19. The molecule has 7 heteroatoms. The first-order valence-electron chi connectivity index (χ1n) is 9.19. The van der Waals surface area contributed by atoms with Crippen LogP contribution in [0.1, 0.15) is 16.8 Å². The van der Waals surface area contributed by atoms with Gasteiger partial charge in [-0.15, -0.1) is 0 Å². The van der Waals surface area contributed by atoms with Crippen LogP contribution in [0.5, 0.6) is 0 Å². The van der Waals surface area contributed by atoms with Crippen molar-refractivity contribution in [1.29, 1.82) is 0 Å². The second kappa shape index (κ2) is 9.89. The number of carbonyl (C=O) groups is 1. The van der Waals surface area contributed by atoms with Gasteiger partial charge in [-0.25, -0.2) is 0 Å². The van der Waals surface area contributed by atoms with Crippen molar-refractivity contribution in [1.82, 2.24) is 10.3 Å². The third kappa shape index (κ3) is 5.42. The van der Waals surface area contributed by atoms with E-state index in [2.05, 4.69) is 26.6 Å². The van der Waals surface area contributed by atoms with Crippen LogP contribution in [-0.2, 0) is 9.47 Å². The molecule has 0 atom stereocenters. The van der Waals surface area contributed by atoms with Crippen molar-refractivity contribution in [3.8, 4) is 0 Å². The van der Waals surface area contributed by atoms with Gasteiger partial charge in [0, 0.05) is 39.5 Å². The number of nitrogens with zero attached hydrogens (tertiary/aromatic N) is 2. The molecule has 27 heavy (non-hydrogen) atoms. The highest BCUT2D eigenvalue weighted by Gasteiger charge is 2.15. The van der Waals surface area contributed by atoms with E-state index in [0.717, 1.165) is 49.8 Å². The van der Waals surface area contributed by atoms with Crippen molar-refractivity contribution in [2.45, 2.75) is 6.42 Å². The fraction of sp³-hybridized carbons (Fsp3) is 0.400. The van der Waals surface area contributed by atoms with E-state index in [-0.39, 0.29) is 5.91 Å². The van der Waals surface area contributed by atoms with Crippen LogP contribution in [0, 0.1) is 0 Å². The van der Waals surface area contributed by atoms with E-state index < -0.39 is 0 Å². The van der Waals surface area contributed by atoms with Crippen LogP contribution in [-0.4, -0.2) is 57.5 Å². The first-order chi connectivity index (χ1) is 13.3. The van der Waals surface area contributed by atoms with Crippen LogP contribution < -0.4 is 15.5 Å². The van der Waals surface area contributed by atoms with Crippen molar-refractivity contribution in [2.75, 3.05) is 56.8 Å². The normalized spacial score (nSPS) is 14.0. The lowest BCUT2D eigenvalue weighted by Crippen LogP contribution is -2.36. The van der Waals surface area contributed by atoms with E-state index in [1.807, 2.05) is 24.3 Å². The van der Waals surface area contributed by atoms with Gasteiger partial charge in [0.1, 0.15) is 0 Å². The van der Waals surface area contributed by atoms with Gasteiger partial charge in [-0.05, 0) is 24.6 Å². The minimum atomic E-state index is -0.135. The molecule has 0 aliphatic carbocycles. The molecule has 7 nitrogen and oxygen atoms in total. The quantitative estimate of drug-likeness (QED) is 0.695. The Morgan fingerprint density at radius 2 is 2.07 bits per heavy atom. The maximum Gasteiger partial charge on any atom is 0.252 e.